The standard InChI is InChI=1S/C29H34F2N6O6S2/c1-15(2)35(14-38)25(27(39)42-8)32-34(7)21-12-23(17(5)10-19(21)30)44-45-24-13-22(20(31)11-18(24)6)37-29(41)36(16(3)4)26(33-37)28(40)43-9/h10-16H,1-9H3/b32-25-. The van der Waals surface area contributed by atoms with Gasteiger partial charge in [-0.15, -0.1) is 10.2 Å². The van der Waals surface area contributed by atoms with Gasteiger partial charge in [0.15, 0.2) is 0 Å². The van der Waals surface area contributed by atoms with Gasteiger partial charge in [-0.2, -0.15) is 4.68 Å². The molecule has 0 saturated carbocycles. The van der Waals surface area contributed by atoms with Crippen LogP contribution in [0.5, 0.6) is 0 Å². The summed E-state index contributed by atoms with van der Waals surface area (Å²) in [6.07, 6.45) is 0.439. The van der Waals surface area contributed by atoms with Gasteiger partial charge in [-0.25, -0.2) is 23.2 Å². The molecule has 0 aliphatic heterocycles. The highest BCUT2D eigenvalue weighted by Crippen LogP contribution is 2.43. The van der Waals surface area contributed by atoms with Gasteiger partial charge in [-0.3, -0.25) is 19.3 Å². The Morgan fingerprint density at radius 3 is 2.07 bits per heavy atom. The Hall–Kier alpha value is -4.18. The summed E-state index contributed by atoms with van der Waals surface area (Å²) in [5.41, 5.74) is 0.286. The summed E-state index contributed by atoms with van der Waals surface area (Å²) in [7, 11) is 6.20. The summed E-state index contributed by atoms with van der Waals surface area (Å²) >= 11 is 0. The van der Waals surface area contributed by atoms with Gasteiger partial charge in [0, 0.05) is 28.9 Å². The highest BCUT2D eigenvalue weighted by molar-refractivity contribution is 8.76. The topological polar surface area (TPSA) is 128 Å². The van der Waals surface area contributed by atoms with Crippen molar-refractivity contribution in [3.63, 3.8) is 0 Å². The van der Waals surface area contributed by atoms with E-state index in [4.69, 9.17) is 9.47 Å². The van der Waals surface area contributed by atoms with Crippen LogP contribution in [0, 0.1) is 25.5 Å². The van der Waals surface area contributed by atoms with Gasteiger partial charge in [0.05, 0.1) is 19.9 Å². The molecule has 0 bridgehead atoms. The van der Waals surface area contributed by atoms with Crippen LogP contribution in [0.3, 0.4) is 0 Å². The van der Waals surface area contributed by atoms with Crippen molar-refractivity contribution in [3.8, 4) is 5.69 Å². The molecule has 0 atom stereocenters. The van der Waals surface area contributed by atoms with Crippen molar-refractivity contribution in [1.82, 2.24) is 19.2 Å². The monoisotopic (exact) mass is 664 g/mol. The van der Waals surface area contributed by atoms with Crippen LogP contribution >= 0.6 is 21.6 Å². The number of aromatic nitrogens is 3. The van der Waals surface area contributed by atoms with Crippen molar-refractivity contribution in [2.75, 3.05) is 26.3 Å². The summed E-state index contributed by atoms with van der Waals surface area (Å²) in [4.78, 5) is 51.8. The van der Waals surface area contributed by atoms with Crippen LogP contribution in [-0.4, -0.2) is 70.7 Å². The fraction of sp³-hybridized carbons (Fsp3) is 0.379. The van der Waals surface area contributed by atoms with Crippen molar-refractivity contribution in [2.45, 2.75) is 63.4 Å². The molecule has 16 heteroatoms. The Morgan fingerprint density at radius 1 is 0.978 bits per heavy atom. The number of carbonyl (C=O) groups excluding carboxylic acids is 3. The Balaban J connectivity index is 2.01. The maximum absolute atomic E-state index is 15.2. The minimum Gasteiger partial charge on any atom is -0.463 e. The number of amidine groups is 1. The normalized spacial score (nSPS) is 11.6. The van der Waals surface area contributed by atoms with Gasteiger partial charge in [-0.1, -0.05) is 21.6 Å². The zero-order valence-electron chi connectivity index (χ0n) is 26.2. The Labute approximate surface area is 266 Å². The zero-order valence-corrected chi connectivity index (χ0v) is 27.9. The van der Waals surface area contributed by atoms with E-state index in [1.165, 1.54) is 52.9 Å². The number of rotatable bonds is 10. The molecule has 1 amide bonds. The molecule has 242 valence electrons. The van der Waals surface area contributed by atoms with Gasteiger partial charge < -0.3 is 9.47 Å². The number of ether oxygens (including phenoxy) is 2. The van der Waals surface area contributed by atoms with Crippen molar-refractivity contribution >= 4 is 51.5 Å². The summed E-state index contributed by atoms with van der Waals surface area (Å²) in [5, 5.41) is 9.37. The van der Waals surface area contributed by atoms with E-state index in [0.717, 1.165) is 33.4 Å². The number of anilines is 1. The lowest BCUT2D eigenvalue weighted by Crippen LogP contribution is -2.42. The number of nitrogens with zero attached hydrogens (tertiary/aromatic N) is 6. The molecular weight excluding hydrogens is 630 g/mol. The average Bonchev–Trinajstić information content (AvgIpc) is 3.33. The highest BCUT2D eigenvalue weighted by Gasteiger charge is 2.26. The maximum atomic E-state index is 15.2. The predicted octanol–water partition coefficient (Wildman–Crippen LogP) is 4.89. The fourth-order valence-corrected chi connectivity index (χ4v) is 6.59. The molecule has 0 aliphatic carbocycles. The fourth-order valence-electron chi connectivity index (χ4n) is 4.10. The van der Waals surface area contributed by atoms with Crippen LogP contribution in [0.25, 0.3) is 5.69 Å². The van der Waals surface area contributed by atoms with Crippen LogP contribution in [0.4, 0.5) is 14.5 Å². The van der Waals surface area contributed by atoms with Crippen LogP contribution in [-0.2, 0) is 19.1 Å². The van der Waals surface area contributed by atoms with Crippen LogP contribution in [0.2, 0.25) is 0 Å². The first kappa shape index (κ1) is 35.3. The molecular formula is C29H34F2N6O6S2. The molecule has 3 aromatic rings. The van der Waals surface area contributed by atoms with Crippen LogP contribution in [0.1, 0.15) is 55.5 Å². The number of methoxy groups -OCH3 is 2. The number of hydrogen-bond donors (Lipinski definition) is 0. The molecule has 45 heavy (non-hydrogen) atoms. The van der Waals surface area contributed by atoms with E-state index in [0.29, 0.717) is 27.3 Å². The first-order chi connectivity index (χ1) is 21.2. The summed E-state index contributed by atoms with van der Waals surface area (Å²) < 4.78 is 41.8. The number of hydrazone groups is 1. The molecule has 3 rings (SSSR count). The molecule has 0 fully saturated rings. The minimum absolute atomic E-state index is 0.0114. The van der Waals surface area contributed by atoms with Gasteiger partial charge in [0.25, 0.3) is 0 Å². The Kier molecular flexibility index (Phi) is 11.6. The summed E-state index contributed by atoms with van der Waals surface area (Å²) in [6, 6.07) is 4.65. The lowest BCUT2D eigenvalue weighted by atomic mass is 10.2. The number of aryl methyl sites for hydroxylation is 2. The number of esters is 2. The summed E-state index contributed by atoms with van der Waals surface area (Å²) in [5.74, 6) is -3.65. The Morgan fingerprint density at radius 2 is 1.56 bits per heavy atom. The van der Waals surface area contributed by atoms with Crippen molar-refractivity contribution in [2.24, 2.45) is 5.10 Å². The van der Waals surface area contributed by atoms with E-state index in [1.54, 1.807) is 41.5 Å². The van der Waals surface area contributed by atoms with Gasteiger partial charge in [0.2, 0.25) is 18.1 Å². The third kappa shape index (κ3) is 7.56. The van der Waals surface area contributed by atoms with E-state index in [9.17, 15) is 19.2 Å². The van der Waals surface area contributed by atoms with Crippen molar-refractivity contribution in [1.29, 1.82) is 0 Å². The quantitative estimate of drug-likeness (QED) is 0.0739. The van der Waals surface area contributed by atoms with E-state index in [2.05, 4.69) is 10.2 Å². The first-order valence-electron chi connectivity index (χ1n) is 13.6. The number of halogens is 2. The highest BCUT2D eigenvalue weighted by atomic mass is 33.1. The Bertz CT molecular complexity index is 1710. The third-order valence-electron chi connectivity index (χ3n) is 6.51. The van der Waals surface area contributed by atoms with Crippen molar-refractivity contribution in [3.05, 3.63) is 63.3 Å². The second kappa shape index (κ2) is 14.7. The minimum atomic E-state index is -0.876. The number of amides is 1. The van der Waals surface area contributed by atoms with E-state index >= 15 is 8.78 Å². The van der Waals surface area contributed by atoms with Gasteiger partial charge in [0.1, 0.15) is 17.3 Å². The van der Waals surface area contributed by atoms with Crippen LogP contribution < -0.4 is 10.7 Å². The van der Waals surface area contributed by atoms with E-state index in [-0.39, 0.29) is 23.0 Å². The van der Waals surface area contributed by atoms with E-state index < -0.39 is 41.3 Å². The second-order valence-corrected chi connectivity index (χ2v) is 12.5. The SMILES string of the molecule is COC(=O)/C(=N/N(C)c1cc(SSc2cc(-n3nc(C(=O)OC)n(C(C)C)c3=O)c(F)cc2C)c(C)cc1F)N(C=O)C(C)C. The zero-order chi connectivity index (χ0) is 33.7. The lowest BCUT2D eigenvalue weighted by molar-refractivity contribution is -0.134. The number of carbonyl (C=O) groups is 3. The molecule has 0 N–H and O–H groups in total. The largest absolute Gasteiger partial charge is 0.463 e. The van der Waals surface area contributed by atoms with Crippen LogP contribution in [0.15, 0.2) is 44.0 Å². The number of benzene rings is 2. The molecule has 0 unspecified atom stereocenters. The van der Waals surface area contributed by atoms with Crippen molar-refractivity contribution < 1.29 is 32.6 Å². The van der Waals surface area contributed by atoms with Gasteiger partial charge >= 0.3 is 17.6 Å². The molecule has 2 aromatic carbocycles. The van der Waals surface area contributed by atoms with Gasteiger partial charge in [-0.05, 0) is 76.9 Å². The molecule has 0 spiro atoms. The summed E-state index contributed by atoms with van der Waals surface area (Å²) in [6.45, 7) is 10.1. The first-order valence-corrected chi connectivity index (χ1v) is 15.7. The average molecular weight is 665 g/mol. The smallest absolute Gasteiger partial charge is 0.376 e. The van der Waals surface area contributed by atoms with E-state index in [1.807, 2.05) is 0 Å². The molecule has 1 aromatic heterocycles. The molecule has 0 aliphatic rings. The number of hydrogen-bond acceptors (Lipinski definition) is 11. The molecule has 0 radical (unpaired) electrons. The molecule has 12 nitrogen and oxygen atoms in total. The molecule has 0 saturated heterocycles. The maximum Gasteiger partial charge on any atom is 0.376 e. The lowest BCUT2D eigenvalue weighted by Gasteiger charge is -2.24. The molecule has 1 heterocycles. The third-order valence-corrected chi connectivity index (χ3v) is 9.16. The second-order valence-electron chi connectivity index (χ2n) is 10.3. The predicted molar refractivity (Wildman–Crippen MR) is 168 cm³/mol.